The molecule has 0 radical (unpaired) electrons. The van der Waals surface area contributed by atoms with Gasteiger partial charge in [-0.25, -0.2) is 9.97 Å². The molecule has 0 spiro atoms. The fourth-order valence-corrected chi connectivity index (χ4v) is 38.2. The predicted molar refractivity (Wildman–Crippen MR) is 622 cm³/mol. The molecule has 0 fully saturated rings. The molecule has 0 aliphatic rings. The second kappa shape index (κ2) is 58.8. The molecule has 0 amide bonds. The fraction of sp³-hybridized carbons (Fsp3) is 0.590. The molecule has 4 unspecified atom stereocenters. The van der Waals surface area contributed by atoms with Gasteiger partial charge in [-0.3, -0.25) is 0 Å². The first-order valence-electron chi connectivity index (χ1n) is 53.3. The molecule has 2 aromatic carbocycles. The van der Waals surface area contributed by atoms with Crippen molar-refractivity contribution in [3.05, 3.63) is 132 Å². The van der Waals surface area contributed by atoms with Gasteiger partial charge < -0.3 is 0 Å². The first-order valence-corrected chi connectivity index (χ1v) is 73.3. The minimum absolute atomic E-state index is 0. The maximum absolute atomic E-state index is 5.76. The number of thiazole rings is 4. The van der Waals surface area contributed by atoms with Gasteiger partial charge in [-0.2, -0.15) is 0 Å². The van der Waals surface area contributed by atoms with Gasteiger partial charge >= 0.3 is 270 Å². The van der Waals surface area contributed by atoms with E-state index >= 15 is 0 Å². The number of aromatic nitrogens is 4. The zero-order valence-corrected chi connectivity index (χ0v) is 96.3. The minimum atomic E-state index is -2.34. The molecule has 0 aliphatic heterocycles. The summed E-state index contributed by atoms with van der Waals surface area (Å²) in [6.07, 6.45) is 70.8. The van der Waals surface area contributed by atoms with Gasteiger partial charge in [-0.05, 0) is 71.8 Å². The molecule has 0 bridgehead atoms. The zero-order chi connectivity index (χ0) is 92.9. The van der Waals surface area contributed by atoms with Crippen LogP contribution in [0.3, 0.4) is 0 Å². The second-order valence-electron chi connectivity index (χ2n) is 40.0. The summed E-state index contributed by atoms with van der Waals surface area (Å²) in [6.45, 7) is 20.9. The molecule has 0 saturated heterocycles. The van der Waals surface area contributed by atoms with Gasteiger partial charge in [0.25, 0.3) is 0 Å². The number of thiophene rings is 8. The summed E-state index contributed by atoms with van der Waals surface area (Å²) in [7, 11) is 0. The van der Waals surface area contributed by atoms with E-state index < -0.39 is 18.4 Å². The van der Waals surface area contributed by atoms with Crippen molar-refractivity contribution in [1.82, 2.24) is 19.9 Å². The molecule has 0 N–H and O–H groups in total. The van der Waals surface area contributed by atoms with Crippen LogP contribution in [0.1, 0.15) is 395 Å². The van der Waals surface area contributed by atoms with E-state index in [0.29, 0.717) is 0 Å². The van der Waals surface area contributed by atoms with Crippen molar-refractivity contribution in [1.29, 1.82) is 0 Å². The normalized spacial score (nSPS) is 13.0. The Kier molecular flexibility index (Phi) is 48.0. The van der Waals surface area contributed by atoms with Gasteiger partial charge in [-0.1, -0.05) is 383 Å². The molecule has 730 valence electrons. The largest absolute Gasteiger partial charge is 0.234 e. The molecule has 134 heavy (non-hydrogen) atoms. The van der Waals surface area contributed by atoms with Crippen molar-refractivity contribution in [3.63, 3.8) is 0 Å². The Morgan fingerprint density at radius 1 is 0.239 bits per heavy atom. The zero-order valence-electron chi connectivity index (χ0n) is 83.7. The molecule has 0 saturated carbocycles. The first-order chi connectivity index (χ1) is 65.2. The monoisotopic (exact) mass is 2130 g/mol. The summed E-state index contributed by atoms with van der Waals surface area (Å²) in [5.74, 6) is 3.14. The standard InChI is InChI=1S/C57H77N2S6.C56H76N2S6.CH4.3CH3.Sn/c1-6-10-14-18-20-24-29-42(27-22-16-12-8-3)39-44-33-36-48(62-44)56-58-52-50(46-31-26-38-60-46)54-53(51(55(52)65-56)47-35-32-41(5)61-47)59-57(64-54)49-37-34-45(63-49)40-43(28-23-17-13-9-4)30-25-21-19-15-11-7-2;1-5-9-13-17-19-23-29-41(27-21-15-11-7-3)39-43-33-35-47(61-43)55-57-51-49(45-31-25-37-59-45)54-52(50(53(51)63-55)46-32-26-38-60-46)58-56(64-54)48-36-34-44(62-48)40-42(28-22-16-12-8-4)30-24-20-18-14-10-6-2;;;;;/h26,31-37,42-43H,6-25,27-30,39-40H2,1-5H3;25-26,31-38,41-42H,5-24,27-30,39-40H2,1-4H3;1H4;3*1H3;. The third-order valence-corrected chi connectivity index (χ3v) is 50.4. The Bertz CT molecular complexity index is 5250. The van der Waals surface area contributed by atoms with E-state index in [9.17, 15) is 0 Å². The third-order valence-electron chi connectivity index (χ3n) is 27.7. The van der Waals surface area contributed by atoms with Gasteiger partial charge in [0, 0.05) is 30.6 Å². The van der Waals surface area contributed by atoms with Crippen LogP contribution in [-0.4, -0.2) is 38.3 Å². The average Bonchev–Trinajstić information content (AvgIpc) is 1.56. The summed E-state index contributed by atoms with van der Waals surface area (Å²) in [5, 5.41) is 9.10. The third kappa shape index (κ3) is 32.2. The van der Waals surface area contributed by atoms with E-state index in [1.165, 1.54) is 450 Å². The van der Waals surface area contributed by atoms with E-state index in [-0.39, 0.29) is 7.43 Å². The Morgan fingerprint density at radius 3 is 0.701 bits per heavy atom. The fourth-order valence-electron chi connectivity index (χ4n) is 19.9. The van der Waals surface area contributed by atoms with Crippen LogP contribution < -0.4 is 2.89 Å². The number of unbranched alkanes of at least 4 members (excludes halogenated alkanes) is 32. The van der Waals surface area contributed by atoms with Crippen molar-refractivity contribution < 1.29 is 0 Å². The molecule has 0 aliphatic carbocycles. The van der Waals surface area contributed by atoms with Crippen LogP contribution in [-0.2, 0) is 25.7 Å². The average molecular weight is 2130 g/mol. The number of hydrogen-bond donors (Lipinski definition) is 0. The number of hydrogen-bond acceptors (Lipinski definition) is 16. The Balaban J connectivity index is 0.000000240. The van der Waals surface area contributed by atoms with Crippen LogP contribution >= 0.6 is 136 Å². The maximum Gasteiger partial charge on any atom is 0.134 e. The van der Waals surface area contributed by atoms with Crippen LogP contribution in [0.2, 0.25) is 14.8 Å². The van der Waals surface area contributed by atoms with Gasteiger partial charge in [0.05, 0.1) is 30.2 Å². The van der Waals surface area contributed by atoms with E-state index in [1.807, 2.05) is 136 Å². The van der Waals surface area contributed by atoms with Crippen molar-refractivity contribution in [2.45, 2.75) is 418 Å². The van der Waals surface area contributed by atoms with E-state index in [2.05, 4.69) is 185 Å². The molecule has 4 nitrogen and oxygen atoms in total. The number of fused-ring (bicyclic) bond motifs is 4. The van der Waals surface area contributed by atoms with Gasteiger partial charge in [0.1, 0.15) is 10.0 Å². The van der Waals surface area contributed by atoms with Gasteiger partial charge in [-0.15, -0.1) is 68.0 Å². The van der Waals surface area contributed by atoms with Crippen LogP contribution in [0.5, 0.6) is 0 Å². The molecule has 4 atom stereocenters. The minimum Gasteiger partial charge on any atom is -0.234 e. The molecular weight excluding hydrogens is 1960 g/mol. The SMILES string of the molecule is C.CCCCCCCCC(CCCCCC)Cc1ccc(-c2nc3c(-c4cc[c]([Sn]([CH3])([CH3])[CH3])s4)c4sc(-c5ccc(CC(CCCCCC)CCCCCCCC)s5)nc4c(-c4ccc(C)s4)c3s2)s1.CCCCCCCCC(CCCCCC)Cc1ccc(-c2nc3c(-c4cccs4)c4sc(-c5ccc(CC(CCCCCC)CCCCCCCC)s5)nc4c(-c4cccs4)c3s2)s1. The molecule has 14 rings (SSSR count). The maximum atomic E-state index is 5.76. The van der Waals surface area contributed by atoms with Gasteiger partial charge in [0.2, 0.25) is 0 Å². The summed E-state index contributed by atoms with van der Waals surface area (Å²) in [6, 6.07) is 37.9. The van der Waals surface area contributed by atoms with Crippen LogP contribution in [0.15, 0.2) is 108 Å². The number of aryl methyl sites for hydroxylation is 1. The molecule has 12 aromatic heterocycles. The summed E-state index contributed by atoms with van der Waals surface area (Å²) in [5.41, 5.74) is 9.81. The second-order valence-corrected chi connectivity index (χ2v) is 68.4. The van der Waals surface area contributed by atoms with E-state index in [1.54, 1.807) is 12.6 Å². The summed E-state index contributed by atoms with van der Waals surface area (Å²) >= 11 is 20.9. The van der Waals surface area contributed by atoms with Gasteiger partial charge in [0.15, 0.2) is 0 Å². The Labute approximate surface area is 864 Å². The molecular formula is C117H166N4S12Sn. The summed E-state index contributed by atoms with van der Waals surface area (Å²) in [4.78, 5) is 48.5. The Hall–Kier alpha value is -3.60. The molecule has 12 heterocycles. The molecule has 17 heteroatoms. The quantitative estimate of drug-likeness (QED) is 0.0282. The topological polar surface area (TPSA) is 51.6 Å². The van der Waals surface area contributed by atoms with Crippen LogP contribution in [0.4, 0.5) is 0 Å². The van der Waals surface area contributed by atoms with Crippen molar-refractivity contribution in [2.24, 2.45) is 23.7 Å². The number of benzene rings is 2. The Morgan fingerprint density at radius 2 is 0.470 bits per heavy atom. The van der Waals surface area contributed by atoms with E-state index in [4.69, 9.17) is 19.9 Å². The van der Waals surface area contributed by atoms with Crippen LogP contribution in [0.25, 0.3) is 122 Å². The van der Waals surface area contributed by atoms with Crippen molar-refractivity contribution >= 4 is 198 Å². The van der Waals surface area contributed by atoms with Crippen LogP contribution in [0, 0.1) is 30.6 Å². The summed E-state index contributed by atoms with van der Waals surface area (Å²) < 4.78 is 6.81. The molecule has 14 aromatic rings. The number of nitrogens with zero attached hydrogens (tertiary/aromatic N) is 4. The van der Waals surface area contributed by atoms with E-state index in [0.717, 1.165) is 44.7 Å². The smallest absolute Gasteiger partial charge is 0.134 e. The number of rotatable bonds is 65. The van der Waals surface area contributed by atoms with Crippen molar-refractivity contribution in [2.75, 3.05) is 0 Å². The first kappa shape index (κ1) is 109. The van der Waals surface area contributed by atoms with Crippen molar-refractivity contribution in [3.8, 4) is 81.3 Å². The predicted octanol–water partition coefficient (Wildman–Crippen LogP) is 44.6.